The Kier molecular flexibility index (Phi) is 7.29. The largest absolute Gasteiger partial charge is 0.465 e. The molecule has 4 rings (SSSR count). The fourth-order valence-electron chi connectivity index (χ4n) is 3.87. The predicted molar refractivity (Wildman–Crippen MR) is 132 cm³/mol. The van der Waals surface area contributed by atoms with Gasteiger partial charge in [0.2, 0.25) is 0 Å². The van der Waals surface area contributed by atoms with Crippen LogP contribution in [0.25, 0.3) is 21.9 Å². The number of ether oxygens (including phenoxy) is 1. The summed E-state index contributed by atoms with van der Waals surface area (Å²) >= 11 is 0. The summed E-state index contributed by atoms with van der Waals surface area (Å²) in [7, 11) is -2.48. The third-order valence-corrected chi connectivity index (χ3v) is 6.83. The lowest BCUT2D eigenvalue weighted by atomic mass is 10.1. The molecule has 11 heteroatoms. The second kappa shape index (κ2) is 10.4. The van der Waals surface area contributed by atoms with Gasteiger partial charge in [-0.05, 0) is 36.8 Å². The lowest BCUT2D eigenvalue weighted by Gasteiger charge is -2.12. The summed E-state index contributed by atoms with van der Waals surface area (Å²) in [5.41, 5.74) is 8.45. The van der Waals surface area contributed by atoms with Crippen LogP contribution in [0.1, 0.15) is 35.9 Å². The number of nitrogens with two attached hydrogens (primary N) is 1. The van der Waals surface area contributed by atoms with Crippen molar-refractivity contribution in [1.82, 2.24) is 19.4 Å². The molecule has 3 N–H and O–H groups in total. The molecule has 0 aliphatic carbocycles. The molecule has 2 aromatic heterocycles. The van der Waals surface area contributed by atoms with Crippen molar-refractivity contribution >= 4 is 43.7 Å². The number of methoxy groups -OCH3 is 1. The van der Waals surface area contributed by atoms with E-state index >= 15 is 0 Å². The molecule has 10 nitrogen and oxygen atoms in total. The number of nitrogen functional groups attached to an aromatic ring is 1. The third-order valence-electron chi connectivity index (χ3n) is 5.60. The van der Waals surface area contributed by atoms with Crippen LogP contribution in [0.2, 0.25) is 0 Å². The summed E-state index contributed by atoms with van der Waals surface area (Å²) in [5.74, 6) is 0.578. The molecule has 0 unspecified atom stereocenters. The number of benzene rings is 2. The Morgan fingerprint density at radius 2 is 1.91 bits per heavy atom. The second-order valence-electron chi connectivity index (χ2n) is 7.95. The Labute approximate surface area is 203 Å². The number of anilines is 1. The lowest BCUT2D eigenvalue weighted by molar-refractivity contribution is 0.0601. The van der Waals surface area contributed by atoms with Gasteiger partial charge in [0.1, 0.15) is 11.3 Å². The van der Waals surface area contributed by atoms with Gasteiger partial charge in [-0.25, -0.2) is 23.2 Å². The highest BCUT2D eigenvalue weighted by Gasteiger charge is 2.19. The predicted octanol–water partition coefficient (Wildman–Crippen LogP) is 3.21. The van der Waals surface area contributed by atoms with Gasteiger partial charge in [0, 0.05) is 18.4 Å². The summed E-state index contributed by atoms with van der Waals surface area (Å²) in [6, 6.07) is 13.1. The number of nitrogens with one attached hydrogen (secondary N) is 1. The second-order valence-corrected chi connectivity index (χ2v) is 9.59. The first-order valence-electron chi connectivity index (χ1n) is 11.2. The van der Waals surface area contributed by atoms with Gasteiger partial charge in [0.15, 0.2) is 5.82 Å². The van der Waals surface area contributed by atoms with E-state index < -0.39 is 16.0 Å². The van der Waals surface area contributed by atoms with Crippen molar-refractivity contribution in [3.05, 3.63) is 59.9 Å². The van der Waals surface area contributed by atoms with Gasteiger partial charge in [0.25, 0.3) is 10.0 Å². The molecule has 0 bridgehead atoms. The average molecular weight is 498 g/mol. The summed E-state index contributed by atoms with van der Waals surface area (Å²) < 4.78 is 31.6. The fraction of sp³-hybridized carbons (Fsp3) is 0.292. The third kappa shape index (κ3) is 5.11. The molecule has 0 radical (unpaired) electrons. The van der Waals surface area contributed by atoms with Gasteiger partial charge in [-0.15, -0.1) is 0 Å². The van der Waals surface area contributed by atoms with Crippen molar-refractivity contribution in [3.8, 4) is 0 Å². The number of esters is 1. The summed E-state index contributed by atoms with van der Waals surface area (Å²) in [4.78, 5) is 28.8. The molecule has 2 heterocycles. The van der Waals surface area contributed by atoms with Crippen LogP contribution in [0, 0.1) is 0 Å². The normalized spacial score (nSPS) is 11.8. The first-order chi connectivity index (χ1) is 16.9. The number of carbonyl (C=O) groups is 1. The van der Waals surface area contributed by atoms with Gasteiger partial charge >= 0.3 is 5.97 Å². The van der Waals surface area contributed by atoms with Crippen LogP contribution in [0.5, 0.6) is 0 Å². The standard InChI is InChI=1S/C24H27N5O5S/c1-3-4-10-20-27-21-22(18-12-11-16(24(30)33-2)15-19(18)26-23(21)25)29(20)13-14-34-28-35(31,32)17-8-6-5-7-9-17/h5-9,11-12,15,28H,3-4,10,13-14H2,1-2H3,(H2,25,26). The van der Waals surface area contributed by atoms with Crippen LogP contribution in [-0.2, 0) is 32.6 Å². The van der Waals surface area contributed by atoms with Gasteiger partial charge in [-0.1, -0.05) is 36.4 Å². The molecule has 4 aromatic rings. The molecule has 0 amide bonds. The molecular weight excluding hydrogens is 470 g/mol. The van der Waals surface area contributed by atoms with E-state index in [-0.39, 0.29) is 17.3 Å². The number of carbonyl (C=O) groups excluding carboxylic acids is 1. The topological polar surface area (TPSA) is 138 Å². The highest BCUT2D eigenvalue weighted by atomic mass is 32.2. The lowest BCUT2D eigenvalue weighted by Crippen LogP contribution is -2.26. The van der Waals surface area contributed by atoms with Crippen LogP contribution < -0.4 is 10.6 Å². The van der Waals surface area contributed by atoms with E-state index in [1.165, 1.54) is 19.2 Å². The van der Waals surface area contributed by atoms with Gasteiger partial charge in [-0.3, -0.25) is 4.84 Å². The molecule has 2 aromatic carbocycles. The maximum absolute atomic E-state index is 12.4. The molecule has 35 heavy (non-hydrogen) atoms. The molecule has 0 aliphatic rings. The van der Waals surface area contributed by atoms with Crippen molar-refractivity contribution in [2.75, 3.05) is 19.5 Å². The zero-order valence-electron chi connectivity index (χ0n) is 19.5. The van der Waals surface area contributed by atoms with E-state index in [0.29, 0.717) is 29.6 Å². The summed E-state index contributed by atoms with van der Waals surface area (Å²) in [5, 5.41) is 0.766. The molecule has 0 aliphatic heterocycles. The number of hydrogen-bond donors (Lipinski definition) is 2. The number of fused-ring (bicyclic) bond motifs is 3. The average Bonchev–Trinajstić information content (AvgIpc) is 3.24. The van der Waals surface area contributed by atoms with Crippen molar-refractivity contribution in [3.63, 3.8) is 0 Å². The smallest absolute Gasteiger partial charge is 0.337 e. The first-order valence-corrected chi connectivity index (χ1v) is 12.7. The number of pyridine rings is 1. The minimum absolute atomic E-state index is 0.0562. The molecule has 0 fully saturated rings. The van der Waals surface area contributed by atoms with Crippen LogP contribution >= 0.6 is 0 Å². The number of imidazole rings is 1. The molecular formula is C24H27N5O5S. The van der Waals surface area contributed by atoms with E-state index in [1.54, 1.807) is 36.4 Å². The number of sulfonamides is 1. The molecule has 0 atom stereocenters. The Morgan fingerprint density at radius 1 is 1.14 bits per heavy atom. The van der Waals surface area contributed by atoms with Crippen LogP contribution in [-0.4, -0.2) is 42.6 Å². The Hall–Kier alpha value is -3.54. The Morgan fingerprint density at radius 3 is 2.63 bits per heavy atom. The number of aryl methyl sites for hydroxylation is 1. The van der Waals surface area contributed by atoms with E-state index in [2.05, 4.69) is 16.8 Å². The zero-order valence-corrected chi connectivity index (χ0v) is 20.3. The van der Waals surface area contributed by atoms with Gasteiger partial charge < -0.3 is 15.0 Å². The van der Waals surface area contributed by atoms with Gasteiger partial charge in [-0.2, -0.15) is 0 Å². The summed E-state index contributed by atoms with van der Waals surface area (Å²) in [6.07, 6.45) is 2.61. The van der Waals surface area contributed by atoms with Crippen LogP contribution in [0.15, 0.2) is 53.4 Å². The number of aromatic nitrogens is 3. The van der Waals surface area contributed by atoms with Crippen molar-refractivity contribution in [2.24, 2.45) is 0 Å². The van der Waals surface area contributed by atoms with E-state index in [4.69, 9.17) is 20.3 Å². The highest BCUT2D eigenvalue weighted by Crippen LogP contribution is 2.30. The van der Waals surface area contributed by atoms with Crippen LogP contribution in [0.4, 0.5) is 5.82 Å². The quantitative estimate of drug-likeness (QED) is 0.193. The minimum Gasteiger partial charge on any atom is -0.465 e. The molecule has 0 spiro atoms. The summed E-state index contributed by atoms with van der Waals surface area (Å²) in [6.45, 7) is 2.47. The highest BCUT2D eigenvalue weighted by molar-refractivity contribution is 7.89. The number of unbranched alkanes of at least 4 members (excludes halogenated alkanes) is 1. The fourth-order valence-corrected chi connectivity index (χ4v) is 4.72. The Bertz CT molecular complexity index is 1470. The maximum Gasteiger partial charge on any atom is 0.337 e. The molecule has 0 saturated heterocycles. The van der Waals surface area contributed by atoms with E-state index in [1.807, 2.05) is 4.57 Å². The van der Waals surface area contributed by atoms with Crippen molar-refractivity contribution in [1.29, 1.82) is 0 Å². The first kappa shape index (κ1) is 24.6. The minimum atomic E-state index is -3.80. The zero-order chi connectivity index (χ0) is 25.0. The molecule has 0 saturated carbocycles. The van der Waals surface area contributed by atoms with Crippen LogP contribution in [0.3, 0.4) is 0 Å². The number of hydrogen-bond acceptors (Lipinski definition) is 8. The number of rotatable bonds is 10. The van der Waals surface area contributed by atoms with E-state index in [9.17, 15) is 13.2 Å². The maximum atomic E-state index is 12.4. The van der Waals surface area contributed by atoms with E-state index in [0.717, 1.165) is 29.6 Å². The van der Waals surface area contributed by atoms with Crippen molar-refractivity contribution in [2.45, 2.75) is 37.6 Å². The van der Waals surface area contributed by atoms with Gasteiger partial charge in [0.05, 0.1) is 35.2 Å². The Balaban J connectivity index is 1.67. The number of nitrogens with zero attached hydrogens (tertiary/aromatic N) is 3. The molecule has 184 valence electrons. The monoisotopic (exact) mass is 497 g/mol. The SMILES string of the molecule is CCCCc1nc2c(N)nc3cc(C(=O)OC)ccc3c2n1CCONS(=O)(=O)c1ccccc1. The van der Waals surface area contributed by atoms with Crippen molar-refractivity contribution < 1.29 is 22.8 Å².